The van der Waals surface area contributed by atoms with E-state index in [1.165, 1.54) is 0 Å². The smallest absolute Gasteiger partial charge is 0.141 e. The molecule has 0 spiro atoms. The normalized spacial score (nSPS) is 11.2. The van der Waals surface area contributed by atoms with Crippen molar-refractivity contribution in [3.8, 4) is 11.4 Å². The number of benzene rings is 3. The third kappa shape index (κ3) is 1.67. The fourth-order valence-electron chi connectivity index (χ4n) is 2.47. The lowest BCUT2D eigenvalue weighted by molar-refractivity contribution is 0.632. The van der Waals surface area contributed by atoms with Crippen LogP contribution in [0.2, 0.25) is 0 Å². The summed E-state index contributed by atoms with van der Waals surface area (Å²) in [5.41, 5.74) is 2.25. The van der Waals surface area contributed by atoms with Gasteiger partial charge in [0.1, 0.15) is 11.6 Å². The first-order valence-electron chi connectivity index (χ1n) is 6.45. The number of rotatable bonds is 1. The van der Waals surface area contributed by atoms with E-state index in [2.05, 4.69) is 9.97 Å². The number of fused-ring (bicyclic) bond motifs is 2. The van der Waals surface area contributed by atoms with Crippen molar-refractivity contribution < 1.29 is 4.39 Å². The van der Waals surface area contributed by atoms with Gasteiger partial charge < -0.3 is 4.98 Å². The third-order valence-corrected chi connectivity index (χ3v) is 3.48. The van der Waals surface area contributed by atoms with Crippen molar-refractivity contribution in [3.63, 3.8) is 0 Å². The molecule has 1 heterocycles. The predicted molar refractivity (Wildman–Crippen MR) is 79.0 cm³/mol. The van der Waals surface area contributed by atoms with E-state index in [0.29, 0.717) is 11.4 Å². The lowest BCUT2D eigenvalue weighted by Crippen LogP contribution is -1.87. The average molecular weight is 262 g/mol. The monoisotopic (exact) mass is 262 g/mol. The van der Waals surface area contributed by atoms with Gasteiger partial charge >= 0.3 is 0 Å². The summed E-state index contributed by atoms with van der Waals surface area (Å²) in [5, 5.41) is 1.90. The Hall–Kier alpha value is -2.68. The van der Waals surface area contributed by atoms with Crippen LogP contribution >= 0.6 is 0 Å². The first-order chi connectivity index (χ1) is 9.81. The van der Waals surface area contributed by atoms with Crippen molar-refractivity contribution in [2.45, 2.75) is 0 Å². The van der Waals surface area contributed by atoms with Crippen LogP contribution in [0.3, 0.4) is 0 Å². The second-order valence-corrected chi connectivity index (χ2v) is 4.78. The largest absolute Gasteiger partial charge is 0.338 e. The van der Waals surface area contributed by atoms with Crippen molar-refractivity contribution in [2.24, 2.45) is 0 Å². The molecular weight excluding hydrogens is 251 g/mol. The zero-order chi connectivity index (χ0) is 13.5. The summed E-state index contributed by atoms with van der Waals surface area (Å²) < 4.78 is 14.3. The van der Waals surface area contributed by atoms with Crippen LogP contribution in [-0.2, 0) is 0 Å². The van der Waals surface area contributed by atoms with Crippen molar-refractivity contribution in [3.05, 3.63) is 66.5 Å². The third-order valence-electron chi connectivity index (χ3n) is 3.48. The Morgan fingerprint density at radius 2 is 1.55 bits per heavy atom. The molecule has 0 unspecified atom stereocenters. The van der Waals surface area contributed by atoms with E-state index in [9.17, 15) is 4.39 Å². The van der Waals surface area contributed by atoms with Gasteiger partial charge in [0, 0.05) is 0 Å². The molecule has 1 N–H and O–H groups in total. The highest BCUT2D eigenvalue weighted by Crippen LogP contribution is 2.27. The Balaban J connectivity index is 1.98. The number of H-pyrrole nitrogens is 1. The van der Waals surface area contributed by atoms with E-state index < -0.39 is 0 Å². The second-order valence-electron chi connectivity index (χ2n) is 4.78. The van der Waals surface area contributed by atoms with Gasteiger partial charge in [0.15, 0.2) is 0 Å². The second kappa shape index (κ2) is 4.17. The lowest BCUT2D eigenvalue weighted by atomic mass is 10.1. The van der Waals surface area contributed by atoms with Crippen molar-refractivity contribution in [1.29, 1.82) is 0 Å². The minimum absolute atomic E-state index is 0.261. The summed E-state index contributed by atoms with van der Waals surface area (Å²) in [7, 11) is 0. The summed E-state index contributed by atoms with van der Waals surface area (Å²) in [6.45, 7) is 0. The molecule has 0 aliphatic rings. The van der Waals surface area contributed by atoms with Crippen LogP contribution in [0.4, 0.5) is 4.39 Å². The zero-order valence-corrected chi connectivity index (χ0v) is 10.6. The number of aromatic nitrogens is 2. The van der Waals surface area contributed by atoms with Crippen LogP contribution in [0, 0.1) is 5.82 Å². The number of para-hydroxylation sites is 2. The Labute approximate surface area is 114 Å². The van der Waals surface area contributed by atoms with Gasteiger partial charge in [0.2, 0.25) is 0 Å². The fraction of sp³-hybridized carbons (Fsp3) is 0. The standard InChI is InChI=1S/C17H11FN2/c18-14-10-12-6-2-1-5-11(12)9-13(14)17-19-15-7-3-4-8-16(15)20-17/h1-10H,(H,19,20). The first-order valence-corrected chi connectivity index (χ1v) is 6.45. The number of halogens is 1. The molecule has 1 aromatic heterocycles. The predicted octanol–water partition coefficient (Wildman–Crippen LogP) is 4.52. The number of imidazole rings is 1. The number of nitrogens with zero attached hydrogens (tertiary/aromatic N) is 1. The molecule has 0 atom stereocenters. The number of hydrogen-bond acceptors (Lipinski definition) is 1. The molecule has 3 heteroatoms. The van der Waals surface area contributed by atoms with Gasteiger partial charge in [-0.15, -0.1) is 0 Å². The van der Waals surface area contributed by atoms with Crippen LogP contribution < -0.4 is 0 Å². The minimum Gasteiger partial charge on any atom is -0.338 e. The minimum atomic E-state index is -0.261. The summed E-state index contributed by atoms with van der Waals surface area (Å²) >= 11 is 0. The Bertz CT molecular complexity index is 891. The molecule has 96 valence electrons. The molecule has 0 bridgehead atoms. The molecule has 0 amide bonds. The summed E-state index contributed by atoms with van der Waals surface area (Å²) in [4.78, 5) is 7.62. The van der Waals surface area contributed by atoms with Crippen molar-refractivity contribution in [2.75, 3.05) is 0 Å². The van der Waals surface area contributed by atoms with Gasteiger partial charge in [-0.3, -0.25) is 0 Å². The van der Waals surface area contributed by atoms with Crippen LogP contribution in [0.5, 0.6) is 0 Å². The van der Waals surface area contributed by atoms with E-state index in [0.717, 1.165) is 21.8 Å². The maximum absolute atomic E-state index is 14.3. The highest BCUT2D eigenvalue weighted by atomic mass is 19.1. The van der Waals surface area contributed by atoms with Gasteiger partial charge in [0.05, 0.1) is 16.6 Å². The van der Waals surface area contributed by atoms with Crippen LogP contribution in [0.15, 0.2) is 60.7 Å². The van der Waals surface area contributed by atoms with Crippen LogP contribution in [0.25, 0.3) is 33.2 Å². The molecule has 4 rings (SSSR count). The number of hydrogen-bond donors (Lipinski definition) is 1. The highest BCUT2D eigenvalue weighted by molar-refractivity contribution is 5.88. The van der Waals surface area contributed by atoms with Crippen LogP contribution in [0.1, 0.15) is 0 Å². The number of nitrogens with one attached hydrogen (secondary N) is 1. The lowest BCUT2D eigenvalue weighted by Gasteiger charge is -2.03. The average Bonchev–Trinajstić information content (AvgIpc) is 2.90. The molecule has 0 saturated heterocycles. The Kier molecular flexibility index (Phi) is 2.33. The summed E-state index contributed by atoms with van der Waals surface area (Å²) in [6, 6.07) is 18.8. The molecule has 0 aliphatic heterocycles. The Morgan fingerprint density at radius 1 is 0.850 bits per heavy atom. The van der Waals surface area contributed by atoms with Crippen molar-refractivity contribution in [1.82, 2.24) is 9.97 Å². The zero-order valence-electron chi connectivity index (χ0n) is 10.6. The number of aromatic amines is 1. The Morgan fingerprint density at radius 3 is 2.35 bits per heavy atom. The molecule has 3 aromatic carbocycles. The maximum atomic E-state index is 14.3. The van der Waals surface area contributed by atoms with E-state index in [1.54, 1.807) is 6.07 Å². The quantitative estimate of drug-likeness (QED) is 0.536. The fourth-order valence-corrected chi connectivity index (χ4v) is 2.47. The van der Waals surface area contributed by atoms with Crippen molar-refractivity contribution >= 4 is 21.8 Å². The van der Waals surface area contributed by atoms with Gasteiger partial charge in [-0.1, -0.05) is 36.4 Å². The maximum Gasteiger partial charge on any atom is 0.141 e. The molecule has 0 radical (unpaired) electrons. The van der Waals surface area contributed by atoms with E-state index in [4.69, 9.17) is 0 Å². The molecular formula is C17H11FN2. The molecule has 0 fully saturated rings. The molecule has 0 saturated carbocycles. The van der Waals surface area contributed by atoms with Crippen LogP contribution in [-0.4, -0.2) is 9.97 Å². The van der Waals surface area contributed by atoms with Gasteiger partial charge in [-0.05, 0) is 35.0 Å². The van der Waals surface area contributed by atoms with Gasteiger partial charge in [-0.25, -0.2) is 9.37 Å². The SMILES string of the molecule is Fc1cc2ccccc2cc1-c1nc2ccccc2[nH]1. The van der Waals surface area contributed by atoms with E-state index in [1.807, 2.05) is 54.6 Å². The van der Waals surface area contributed by atoms with E-state index >= 15 is 0 Å². The topological polar surface area (TPSA) is 28.7 Å². The highest BCUT2D eigenvalue weighted by Gasteiger charge is 2.11. The van der Waals surface area contributed by atoms with Gasteiger partial charge in [-0.2, -0.15) is 0 Å². The molecule has 0 aliphatic carbocycles. The summed E-state index contributed by atoms with van der Waals surface area (Å²) in [5.74, 6) is 0.303. The van der Waals surface area contributed by atoms with E-state index in [-0.39, 0.29) is 5.82 Å². The first kappa shape index (κ1) is 11.2. The molecule has 2 nitrogen and oxygen atoms in total. The van der Waals surface area contributed by atoms with Gasteiger partial charge in [0.25, 0.3) is 0 Å². The molecule has 4 aromatic rings. The summed E-state index contributed by atoms with van der Waals surface area (Å²) in [6.07, 6.45) is 0. The molecule has 20 heavy (non-hydrogen) atoms.